The fourth-order valence-electron chi connectivity index (χ4n) is 3.27. The molecule has 0 aliphatic carbocycles. The monoisotopic (exact) mass is 393 g/mol. The van der Waals surface area contributed by atoms with Gasteiger partial charge in [-0.3, -0.25) is 0 Å². The van der Waals surface area contributed by atoms with Crippen molar-refractivity contribution in [3.8, 4) is 10.4 Å². The molecule has 3 aromatic rings. The molecule has 0 amide bonds. The molecule has 0 radical (unpaired) electrons. The van der Waals surface area contributed by atoms with Gasteiger partial charge in [0.05, 0.1) is 15.9 Å². The summed E-state index contributed by atoms with van der Waals surface area (Å²) in [5.74, 6) is -0.185. The molecule has 1 fully saturated rings. The van der Waals surface area contributed by atoms with Gasteiger partial charge < -0.3 is 10.0 Å². The molecular formula is C17H13Cl2N3O2S. The number of nitrogens with zero attached hydrogens (tertiary/aromatic N) is 3. The lowest BCUT2D eigenvalue weighted by Gasteiger charge is -2.24. The van der Waals surface area contributed by atoms with Crippen molar-refractivity contribution in [2.24, 2.45) is 0 Å². The Kier molecular flexibility index (Phi) is 4.27. The molecule has 25 heavy (non-hydrogen) atoms. The highest BCUT2D eigenvalue weighted by Crippen LogP contribution is 2.42. The number of carbonyl (C=O) groups is 1. The van der Waals surface area contributed by atoms with Crippen LogP contribution in [0.4, 0.5) is 5.82 Å². The first-order valence-electron chi connectivity index (χ1n) is 7.74. The molecule has 1 atom stereocenters. The molecule has 1 aliphatic rings. The maximum Gasteiger partial charge on any atom is 0.326 e. The maximum atomic E-state index is 11.6. The van der Waals surface area contributed by atoms with Gasteiger partial charge in [0, 0.05) is 17.0 Å². The summed E-state index contributed by atoms with van der Waals surface area (Å²) < 4.78 is 0.525. The zero-order chi connectivity index (χ0) is 17.6. The van der Waals surface area contributed by atoms with Gasteiger partial charge >= 0.3 is 5.97 Å². The third-order valence-electron chi connectivity index (χ3n) is 4.36. The summed E-state index contributed by atoms with van der Waals surface area (Å²) in [6, 6.07) is 7.02. The van der Waals surface area contributed by atoms with Crippen molar-refractivity contribution in [2.45, 2.75) is 18.9 Å². The maximum absolute atomic E-state index is 11.6. The van der Waals surface area contributed by atoms with Crippen molar-refractivity contribution in [1.82, 2.24) is 9.97 Å². The van der Waals surface area contributed by atoms with E-state index in [2.05, 4.69) is 9.97 Å². The first kappa shape index (κ1) is 16.6. The highest BCUT2D eigenvalue weighted by atomic mass is 35.5. The van der Waals surface area contributed by atoms with Crippen molar-refractivity contribution in [2.75, 3.05) is 11.4 Å². The molecule has 1 N–H and O–H groups in total. The highest BCUT2D eigenvalue weighted by Gasteiger charge is 2.33. The quantitative estimate of drug-likeness (QED) is 0.697. The van der Waals surface area contributed by atoms with E-state index >= 15 is 0 Å². The van der Waals surface area contributed by atoms with Gasteiger partial charge in [0.1, 0.15) is 22.5 Å². The first-order chi connectivity index (χ1) is 12.1. The Morgan fingerprint density at radius 1 is 1.32 bits per heavy atom. The van der Waals surface area contributed by atoms with E-state index in [0.717, 1.165) is 27.8 Å². The van der Waals surface area contributed by atoms with Crippen LogP contribution in [0.2, 0.25) is 9.36 Å². The zero-order valence-corrected chi connectivity index (χ0v) is 15.3. The van der Waals surface area contributed by atoms with Crippen LogP contribution in [-0.2, 0) is 4.79 Å². The van der Waals surface area contributed by atoms with Gasteiger partial charge in [0.15, 0.2) is 0 Å². The minimum atomic E-state index is -0.830. The van der Waals surface area contributed by atoms with E-state index in [1.165, 1.54) is 17.7 Å². The van der Waals surface area contributed by atoms with E-state index in [0.29, 0.717) is 28.1 Å². The molecule has 1 aliphatic heterocycles. The SMILES string of the molecule is O=C(O)C1CCCN1c1ncnc2cccc(-c3cc(Cl)c(Cl)s3)c12. The molecular weight excluding hydrogens is 381 g/mol. The molecule has 5 nitrogen and oxygen atoms in total. The van der Waals surface area contributed by atoms with Crippen LogP contribution in [0.3, 0.4) is 0 Å². The zero-order valence-electron chi connectivity index (χ0n) is 12.9. The van der Waals surface area contributed by atoms with Crippen LogP contribution in [-0.4, -0.2) is 33.6 Å². The number of rotatable bonds is 3. The van der Waals surface area contributed by atoms with Crippen LogP contribution in [0, 0.1) is 0 Å². The summed E-state index contributed by atoms with van der Waals surface area (Å²) in [6.07, 6.45) is 2.91. The van der Waals surface area contributed by atoms with Crippen LogP contribution in [0.5, 0.6) is 0 Å². The molecule has 0 spiro atoms. The van der Waals surface area contributed by atoms with Gasteiger partial charge in [-0.25, -0.2) is 14.8 Å². The van der Waals surface area contributed by atoms with E-state index in [1.807, 2.05) is 29.2 Å². The number of fused-ring (bicyclic) bond motifs is 1. The number of hydrogen-bond acceptors (Lipinski definition) is 5. The van der Waals surface area contributed by atoms with E-state index in [4.69, 9.17) is 23.2 Å². The fourth-order valence-corrected chi connectivity index (χ4v) is 4.67. The number of thiophene rings is 1. The summed E-state index contributed by atoms with van der Waals surface area (Å²) in [4.78, 5) is 23.1. The van der Waals surface area contributed by atoms with E-state index in [1.54, 1.807) is 0 Å². The van der Waals surface area contributed by atoms with E-state index in [9.17, 15) is 9.90 Å². The lowest BCUT2D eigenvalue weighted by molar-refractivity contribution is -0.138. The number of carboxylic acids is 1. The van der Waals surface area contributed by atoms with Crippen LogP contribution in [0.25, 0.3) is 21.3 Å². The lowest BCUT2D eigenvalue weighted by atomic mass is 10.1. The predicted molar refractivity (Wildman–Crippen MR) is 101 cm³/mol. The Hall–Kier alpha value is -1.89. The Bertz CT molecular complexity index is 951. The topological polar surface area (TPSA) is 66.3 Å². The van der Waals surface area contributed by atoms with Gasteiger partial charge in [0.25, 0.3) is 0 Å². The van der Waals surface area contributed by atoms with E-state index < -0.39 is 12.0 Å². The van der Waals surface area contributed by atoms with Crippen LogP contribution in [0.15, 0.2) is 30.6 Å². The molecule has 3 heterocycles. The largest absolute Gasteiger partial charge is 0.480 e. The first-order valence-corrected chi connectivity index (χ1v) is 9.32. The number of carboxylic acid groups (broad SMARTS) is 1. The molecule has 4 rings (SSSR count). The summed E-state index contributed by atoms with van der Waals surface area (Å²) >= 11 is 13.6. The minimum absolute atomic E-state index is 0.502. The fraction of sp³-hybridized carbons (Fsp3) is 0.235. The molecule has 1 saturated heterocycles. The van der Waals surface area contributed by atoms with Crippen molar-refractivity contribution in [3.63, 3.8) is 0 Å². The van der Waals surface area contributed by atoms with Gasteiger partial charge in [-0.15, -0.1) is 11.3 Å². The van der Waals surface area contributed by atoms with Crippen LogP contribution >= 0.6 is 34.5 Å². The molecule has 0 bridgehead atoms. The van der Waals surface area contributed by atoms with Gasteiger partial charge in [-0.1, -0.05) is 35.3 Å². The lowest BCUT2D eigenvalue weighted by Crippen LogP contribution is -2.36. The summed E-state index contributed by atoms with van der Waals surface area (Å²) in [5.41, 5.74) is 1.67. The minimum Gasteiger partial charge on any atom is -0.480 e. The Balaban J connectivity index is 1.95. The van der Waals surface area contributed by atoms with Crippen LogP contribution in [0.1, 0.15) is 12.8 Å². The van der Waals surface area contributed by atoms with Gasteiger partial charge in [-0.05, 0) is 25.0 Å². The van der Waals surface area contributed by atoms with E-state index in [-0.39, 0.29) is 0 Å². The number of hydrogen-bond donors (Lipinski definition) is 1. The Morgan fingerprint density at radius 3 is 2.88 bits per heavy atom. The van der Waals surface area contributed by atoms with Crippen molar-refractivity contribution in [3.05, 3.63) is 40.0 Å². The molecule has 0 saturated carbocycles. The summed E-state index contributed by atoms with van der Waals surface area (Å²) in [7, 11) is 0. The second-order valence-corrected chi connectivity index (χ2v) is 7.88. The Labute approximate surface area is 157 Å². The second-order valence-electron chi connectivity index (χ2n) is 5.82. The summed E-state index contributed by atoms with van der Waals surface area (Å²) in [5, 5.41) is 10.9. The van der Waals surface area contributed by atoms with Crippen LogP contribution < -0.4 is 4.90 Å². The third kappa shape index (κ3) is 2.84. The smallest absolute Gasteiger partial charge is 0.326 e. The normalized spacial score (nSPS) is 17.4. The molecule has 128 valence electrons. The van der Waals surface area contributed by atoms with Gasteiger partial charge in [-0.2, -0.15) is 0 Å². The molecule has 1 unspecified atom stereocenters. The third-order valence-corrected chi connectivity index (χ3v) is 6.26. The average Bonchev–Trinajstić information content (AvgIpc) is 3.21. The number of benzene rings is 1. The number of aliphatic carboxylic acids is 1. The number of aromatic nitrogens is 2. The van der Waals surface area contributed by atoms with Crippen molar-refractivity contribution >= 4 is 57.2 Å². The standard InChI is InChI=1S/C17H13Cl2N3O2S/c18-10-7-13(25-15(10)19)9-3-1-4-11-14(9)16(21-8-20-11)22-6-2-5-12(22)17(23)24/h1,3-4,7-8,12H,2,5-6H2,(H,23,24). The number of anilines is 1. The van der Waals surface area contributed by atoms with Gasteiger partial charge in [0.2, 0.25) is 0 Å². The molecule has 1 aromatic carbocycles. The Morgan fingerprint density at radius 2 is 2.16 bits per heavy atom. The number of halogens is 2. The molecule has 2 aromatic heterocycles. The van der Waals surface area contributed by atoms with Crippen molar-refractivity contribution < 1.29 is 9.90 Å². The van der Waals surface area contributed by atoms with Crippen molar-refractivity contribution in [1.29, 1.82) is 0 Å². The highest BCUT2D eigenvalue weighted by molar-refractivity contribution is 7.20. The predicted octanol–water partition coefficient (Wildman–Crippen LogP) is 4.72. The molecule has 8 heteroatoms. The summed E-state index contributed by atoms with van der Waals surface area (Å²) in [6.45, 7) is 0.656. The average molecular weight is 394 g/mol. The second kappa shape index (κ2) is 6.44.